The third kappa shape index (κ3) is 6.13. The van der Waals surface area contributed by atoms with Gasteiger partial charge in [-0.15, -0.1) is 0 Å². The van der Waals surface area contributed by atoms with Gasteiger partial charge in [0.15, 0.2) is 0 Å². The van der Waals surface area contributed by atoms with Crippen molar-refractivity contribution in [2.24, 2.45) is 5.92 Å². The number of benzene rings is 3. The summed E-state index contributed by atoms with van der Waals surface area (Å²) in [5.41, 5.74) is 15.9. The molecule has 2 aliphatic carbocycles. The van der Waals surface area contributed by atoms with Crippen LogP contribution >= 0.6 is 15.9 Å². The van der Waals surface area contributed by atoms with Crippen molar-refractivity contribution in [1.29, 1.82) is 0 Å². The monoisotopic (exact) mass is 586 g/mol. The van der Waals surface area contributed by atoms with Crippen LogP contribution in [0.2, 0.25) is 0 Å². The van der Waals surface area contributed by atoms with Crippen LogP contribution in [0, 0.1) is 19.8 Å². The zero-order valence-electron chi connectivity index (χ0n) is 26.0. The second kappa shape index (κ2) is 11.0. The molecular weight excluding hydrogens is 540 g/mol. The third-order valence-corrected chi connectivity index (χ3v) is 9.22. The molecule has 0 heterocycles. The smallest absolute Gasteiger partial charge is 0.0863 e. The highest BCUT2D eigenvalue weighted by atomic mass is 79.9. The van der Waals surface area contributed by atoms with Crippen molar-refractivity contribution < 1.29 is 4.74 Å². The van der Waals surface area contributed by atoms with E-state index in [0.29, 0.717) is 5.92 Å². The molecule has 2 heteroatoms. The largest absolute Gasteiger partial charge is 0.376 e. The van der Waals surface area contributed by atoms with Crippen LogP contribution in [-0.2, 0) is 28.4 Å². The van der Waals surface area contributed by atoms with E-state index >= 15 is 0 Å². The molecule has 0 amide bonds. The SMILES string of the molecule is CC1=Cc2c(-c3cc(C(C)(C)C)cc(C(C)(C)C)c3)ccc(C)c2C1.COC1c2c(Br)ccc(C)c2CC1C. The maximum absolute atomic E-state index is 5.56. The molecule has 2 aliphatic rings. The van der Waals surface area contributed by atoms with Crippen molar-refractivity contribution in [3.8, 4) is 11.1 Å². The summed E-state index contributed by atoms with van der Waals surface area (Å²) in [7, 11) is 1.80. The second-order valence-electron chi connectivity index (χ2n) is 13.9. The normalized spacial score (nSPS) is 18.3. The lowest BCUT2D eigenvalue weighted by molar-refractivity contribution is 0.0690. The van der Waals surface area contributed by atoms with Crippen LogP contribution in [0.4, 0.5) is 0 Å². The van der Waals surface area contributed by atoms with Gasteiger partial charge in [-0.25, -0.2) is 0 Å². The Morgan fingerprint density at radius 3 is 1.92 bits per heavy atom. The Bertz CT molecular complexity index is 1380. The first-order valence-electron chi connectivity index (χ1n) is 14.4. The van der Waals surface area contributed by atoms with Crippen molar-refractivity contribution >= 4 is 22.0 Å². The van der Waals surface area contributed by atoms with Gasteiger partial charge in [-0.2, -0.15) is 0 Å². The summed E-state index contributed by atoms with van der Waals surface area (Å²) in [6, 6.07) is 16.1. The highest BCUT2D eigenvalue weighted by Crippen LogP contribution is 2.43. The molecule has 208 valence electrons. The van der Waals surface area contributed by atoms with E-state index in [1.165, 1.54) is 65.7 Å². The number of methoxy groups -OCH3 is 1. The lowest BCUT2D eigenvalue weighted by atomic mass is 9.78. The first kappa shape index (κ1) is 29.8. The molecule has 5 rings (SSSR count). The molecule has 0 fully saturated rings. The predicted molar refractivity (Wildman–Crippen MR) is 173 cm³/mol. The fourth-order valence-corrected chi connectivity index (χ4v) is 6.63. The summed E-state index contributed by atoms with van der Waals surface area (Å²) < 4.78 is 6.74. The number of ether oxygens (including phenoxy) is 1. The number of hydrogen-bond donors (Lipinski definition) is 0. The zero-order valence-corrected chi connectivity index (χ0v) is 27.6. The average molecular weight is 588 g/mol. The molecule has 1 nitrogen and oxygen atoms in total. The lowest BCUT2D eigenvalue weighted by Crippen LogP contribution is -2.16. The summed E-state index contributed by atoms with van der Waals surface area (Å²) in [5, 5.41) is 0. The van der Waals surface area contributed by atoms with E-state index in [1.54, 1.807) is 7.11 Å². The predicted octanol–water partition coefficient (Wildman–Crippen LogP) is 10.9. The van der Waals surface area contributed by atoms with Crippen molar-refractivity contribution in [3.05, 3.63) is 97.0 Å². The Kier molecular flexibility index (Phi) is 8.42. The molecule has 39 heavy (non-hydrogen) atoms. The maximum Gasteiger partial charge on any atom is 0.0863 e. The van der Waals surface area contributed by atoms with Gasteiger partial charge in [0.25, 0.3) is 0 Å². The highest BCUT2D eigenvalue weighted by Gasteiger charge is 2.32. The van der Waals surface area contributed by atoms with Gasteiger partial charge in [0.1, 0.15) is 0 Å². The topological polar surface area (TPSA) is 9.23 Å². The van der Waals surface area contributed by atoms with Crippen LogP contribution in [0.25, 0.3) is 17.2 Å². The van der Waals surface area contributed by atoms with Crippen LogP contribution in [0.1, 0.15) is 106 Å². The summed E-state index contributed by atoms with van der Waals surface area (Å²) in [6.45, 7) is 22.8. The van der Waals surface area contributed by atoms with Gasteiger partial charge < -0.3 is 4.74 Å². The number of allylic oxidation sites excluding steroid dienone is 1. The molecule has 0 radical (unpaired) electrons. The summed E-state index contributed by atoms with van der Waals surface area (Å²) >= 11 is 3.61. The number of hydrogen-bond acceptors (Lipinski definition) is 1. The molecule has 3 aromatic carbocycles. The molecule has 0 spiro atoms. The molecular formula is C37H47BrO. The molecule has 0 N–H and O–H groups in total. The number of fused-ring (bicyclic) bond motifs is 2. The molecule has 0 bridgehead atoms. The van der Waals surface area contributed by atoms with E-state index in [9.17, 15) is 0 Å². The van der Waals surface area contributed by atoms with Crippen LogP contribution in [0.5, 0.6) is 0 Å². The Morgan fingerprint density at radius 1 is 0.795 bits per heavy atom. The standard InChI is InChI=1S/C25H32.C12H15BrO/c1-16-11-22-17(2)9-10-21(23(22)12-16)18-13-19(24(3,4)5)15-20(14-18)25(6,7)8;1-7-4-5-10(13)11-9(7)6-8(2)12(11)14-3/h9-10,12-15H,11H2,1-8H3;4-5,8,12H,6H2,1-3H3. The minimum atomic E-state index is 0.148. The van der Waals surface area contributed by atoms with Gasteiger partial charge >= 0.3 is 0 Å². The molecule has 3 aromatic rings. The fraction of sp³-hybridized carbons (Fsp3) is 0.459. The average Bonchev–Trinajstić information content (AvgIpc) is 3.41. The Hall–Kier alpha value is -2.16. The van der Waals surface area contributed by atoms with Gasteiger partial charge in [0.05, 0.1) is 6.10 Å². The van der Waals surface area contributed by atoms with Gasteiger partial charge in [-0.3, -0.25) is 0 Å². The van der Waals surface area contributed by atoms with Crippen LogP contribution in [0.3, 0.4) is 0 Å². The van der Waals surface area contributed by atoms with Crippen LogP contribution in [0.15, 0.2) is 52.5 Å². The van der Waals surface area contributed by atoms with E-state index in [0.717, 1.165) is 12.8 Å². The highest BCUT2D eigenvalue weighted by molar-refractivity contribution is 9.10. The van der Waals surface area contributed by atoms with E-state index in [-0.39, 0.29) is 16.9 Å². The minimum Gasteiger partial charge on any atom is -0.376 e. The number of rotatable bonds is 2. The van der Waals surface area contributed by atoms with Crippen molar-refractivity contribution in [3.63, 3.8) is 0 Å². The second-order valence-corrected chi connectivity index (χ2v) is 14.7. The van der Waals surface area contributed by atoms with Crippen molar-refractivity contribution in [2.75, 3.05) is 7.11 Å². The lowest BCUT2D eigenvalue weighted by Gasteiger charge is -2.26. The Morgan fingerprint density at radius 2 is 1.36 bits per heavy atom. The quantitative estimate of drug-likeness (QED) is 0.290. The Balaban J connectivity index is 0.000000212. The summed E-state index contributed by atoms with van der Waals surface area (Å²) in [6.07, 6.45) is 4.89. The molecule has 2 atom stereocenters. The maximum atomic E-state index is 5.56. The van der Waals surface area contributed by atoms with E-state index in [4.69, 9.17) is 4.74 Å². The van der Waals surface area contributed by atoms with Gasteiger partial charge in [-0.1, -0.05) is 112 Å². The van der Waals surface area contributed by atoms with Gasteiger partial charge in [-0.05, 0) is 112 Å². The molecule has 0 aromatic heterocycles. The molecule has 2 unspecified atom stereocenters. The zero-order chi connectivity index (χ0) is 28.9. The van der Waals surface area contributed by atoms with Gasteiger partial charge in [0.2, 0.25) is 0 Å². The molecule has 0 saturated heterocycles. The van der Waals surface area contributed by atoms with E-state index < -0.39 is 0 Å². The van der Waals surface area contributed by atoms with E-state index in [1.807, 2.05) is 0 Å². The first-order chi connectivity index (χ1) is 18.1. The summed E-state index contributed by atoms with van der Waals surface area (Å²) in [4.78, 5) is 0. The third-order valence-electron chi connectivity index (χ3n) is 8.53. The molecule has 0 aliphatic heterocycles. The van der Waals surface area contributed by atoms with E-state index in [2.05, 4.69) is 134 Å². The minimum absolute atomic E-state index is 0.148. The number of aryl methyl sites for hydroxylation is 2. The first-order valence-corrected chi connectivity index (χ1v) is 15.2. The molecule has 0 saturated carbocycles. The number of halogens is 1. The van der Waals surface area contributed by atoms with Crippen LogP contribution < -0.4 is 0 Å². The van der Waals surface area contributed by atoms with Crippen molar-refractivity contribution in [1.82, 2.24) is 0 Å². The van der Waals surface area contributed by atoms with Gasteiger partial charge in [0, 0.05) is 11.6 Å². The summed E-state index contributed by atoms with van der Waals surface area (Å²) in [5.74, 6) is 0.590. The van der Waals surface area contributed by atoms with Crippen LogP contribution in [-0.4, -0.2) is 7.11 Å². The Labute approximate surface area is 246 Å². The fourth-order valence-electron chi connectivity index (χ4n) is 6.04. The van der Waals surface area contributed by atoms with Crippen molar-refractivity contribution in [2.45, 2.75) is 99.0 Å².